The van der Waals surface area contributed by atoms with Gasteiger partial charge in [-0.1, -0.05) is 0 Å². The van der Waals surface area contributed by atoms with Gasteiger partial charge < -0.3 is 11.1 Å². The van der Waals surface area contributed by atoms with Gasteiger partial charge in [0.2, 0.25) is 5.91 Å². The lowest BCUT2D eigenvalue weighted by Gasteiger charge is -2.03. The van der Waals surface area contributed by atoms with Gasteiger partial charge in [0.25, 0.3) is 0 Å². The third-order valence-corrected chi connectivity index (χ3v) is 1.47. The molecule has 0 unspecified atom stereocenters. The van der Waals surface area contributed by atoms with E-state index in [1.165, 1.54) is 0 Å². The van der Waals surface area contributed by atoms with Crippen LogP contribution < -0.4 is 11.1 Å². The summed E-state index contributed by atoms with van der Waals surface area (Å²) < 4.78 is 0. The van der Waals surface area contributed by atoms with Crippen molar-refractivity contribution in [3.63, 3.8) is 0 Å². The highest BCUT2D eigenvalue weighted by Crippen LogP contribution is 2.31. The monoisotopic (exact) mass is 150 g/mol. The molecule has 54 valence electrons. The van der Waals surface area contributed by atoms with Crippen LogP contribution in [0.3, 0.4) is 0 Å². The van der Waals surface area contributed by atoms with Crippen LogP contribution in [-0.4, -0.2) is 18.5 Å². The Labute approximate surface area is 60.4 Å². The Morgan fingerprint density at radius 1 is 1.67 bits per heavy atom. The summed E-state index contributed by atoms with van der Waals surface area (Å²) in [7, 11) is 1.61. The molecule has 1 saturated carbocycles. The number of nitrogens with two attached hydrogens (primary N) is 1. The third kappa shape index (κ3) is 1.56. The van der Waals surface area contributed by atoms with Crippen LogP contribution in [0.4, 0.5) is 0 Å². The molecule has 0 atom stereocenters. The molecule has 1 amide bonds. The molecular formula is C5H11ClN2O. The summed E-state index contributed by atoms with van der Waals surface area (Å²) in [5, 5.41) is 2.50. The molecule has 0 aromatic rings. The second-order valence-electron chi connectivity index (χ2n) is 2.24. The Bertz CT molecular complexity index is 122. The SMILES string of the molecule is CNC(=O)C1(N)CC1.Cl. The molecule has 0 spiro atoms. The Morgan fingerprint density at radius 3 is 2.22 bits per heavy atom. The number of nitrogens with one attached hydrogen (secondary N) is 1. The highest BCUT2D eigenvalue weighted by atomic mass is 35.5. The van der Waals surface area contributed by atoms with E-state index >= 15 is 0 Å². The molecule has 0 aromatic heterocycles. The molecule has 1 fully saturated rings. The van der Waals surface area contributed by atoms with Gasteiger partial charge in [0, 0.05) is 7.05 Å². The first-order valence-corrected chi connectivity index (χ1v) is 2.70. The van der Waals surface area contributed by atoms with Gasteiger partial charge in [-0.15, -0.1) is 12.4 Å². The molecule has 0 aliphatic heterocycles. The van der Waals surface area contributed by atoms with E-state index < -0.39 is 5.54 Å². The molecule has 1 rings (SSSR count). The first kappa shape index (κ1) is 8.72. The van der Waals surface area contributed by atoms with Crippen LogP contribution in [0.25, 0.3) is 0 Å². The lowest BCUT2D eigenvalue weighted by atomic mass is 10.3. The van der Waals surface area contributed by atoms with Crippen molar-refractivity contribution in [1.29, 1.82) is 0 Å². The average Bonchev–Trinajstić information content (AvgIpc) is 2.47. The molecule has 0 aromatic carbocycles. The average molecular weight is 151 g/mol. The second-order valence-corrected chi connectivity index (χ2v) is 2.24. The normalized spacial score (nSPS) is 19.8. The van der Waals surface area contributed by atoms with Crippen molar-refractivity contribution >= 4 is 18.3 Å². The summed E-state index contributed by atoms with van der Waals surface area (Å²) >= 11 is 0. The second kappa shape index (κ2) is 2.54. The number of rotatable bonds is 1. The number of carbonyl (C=O) groups is 1. The van der Waals surface area contributed by atoms with Crippen LogP contribution >= 0.6 is 12.4 Å². The Kier molecular flexibility index (Phi) is 2.46. The van der Waals surface area contributed by atoms with Crippen molar-refractivity contribution in [3.8, 4) is 0 Å². The summed E-state index contributed by atoms with van der Waals surface area (Å²) in [5.74, 6) is -0.0301. The fraction of sp³-hybridized carbons (Fsp3) is 0.800. The third-order valence-electron chi connectivity index (χ3n) is 1.47. The highest BCUT2D eigenvalue weighted by molar-refractivity contribution is 5.88. The fourth-order valence-corrected chi connectivity index (χ4v) is 0.611. The summed E-state index contributed by atoms with van der Waals surface area (Å²) in [6.07, 6.45) is 1.68. The first-order valence-electron chi connectivity index (χ1n) is 2.70. The summed E-state index contributed by atoms with van der Waals surface area (Å²) in [5.41, 5.74) is 5.00. The largest absolute Gasteiger partial charge is 0.358 e. The summed E-state index contributed by atoms with van der Waals surface area (Å²) in [6, 6.07) is 0. The quantitative estimate of drug-likeness (QED) is 0.537. The van der Waals surface area contributed by atoms with Crippen molar-refractivity contribution in [2.45, 2.75) is 18.4 Å². The van der Waals surface area contributed by atoms with Crippen LogP contribution in [-0.2, 0) is 4.79 Å². The molecule has 3 nitrogen and oxygen atoms in total. The maximum atomic E-state index is 10.7. The maximum absolute atomic E-state index is 10.7. The van der Waals surface area contributed by atoms with Gasteiger partial charge in [-0.05, 0) is 12.8 Å². The molecule has 0 saturated heterocycles. The standard InChI is InChI=1S/C5H10N2O.ClH/c1-7-4(8)5(6)2-3-5;/h2-3,6H2,1H3,(H,7,8);1H. The van der Waals surface area contributed by atoms with Crippen molar-refractivity contribution in [2.24, 2.45) is 5.73 Å². The van der Waals surface area contributed by atoms with Crippen LogP contribution in [0, 0.1) is 0 Å². The van der Waals surface area contributed by atoms with E-state index in [-0.39, 0.29) is 18.3 Å². The van der Waals surface area contributed by atoms with E-state index in [2.05, 4.69) is 5.32 Å². The number of likely N-dealkylation sites (N-methyl/N-ethyl adjacent to an activating group) is 1. The predicted molar refractivity (Wildman–Crippen MR) is 37.5 cm³/mol. The lowest BCUT2D eigenvalue weighted by Crippen LogP contribution is -2.40. The number of amides is 1. The Hall–Kier alpha value is -0.280. The van der Waals surface area contributed by atoms with Crippen molar-refractivity contribution < 1.29 is 4.79 Å². The minimum absolute atomic E-state index is 0. The molecule has 0 heterocycles. The van der Waals surface area contributed by atoms with Crippen LogP contribution in [0.5, 0.6) is 0 Å². The van der Waals surface area contributed by atoms with E-state index in [0.717, 1.165) is 12.8 Å². The van der Waals surface area contributed by atoms with Crippen LogP contribution in [0.1, 0.15) is 12.8 Å². The predicted octanol–water partition coefficient (Wildman–Crippen LogP) is -0.355. The molecule has 0 radical (unpaired) electrons. The van der Waals surface area contributed by atoms with E-state index in [4.69, 9.17) is 5.73 Å². The minimum atomic E-state index is -0.491. The van der Waals surface area contributed by atoms with Crippen molar-refractivity contribution in [1.82, 2.24) is 5.32 Å². The smallest absolute Gasteiger partial charge is 0.239 e. The number of carbonyl (C=O) groups excluding carboxylic acids is 1. The van der Waals surface area contributed by atoms with Gasteiger partial charge in [0.15, 0.2) is 0 Å². The molecule has 9 heavy (non-hydrogen) atoms. The number of halogens is 1. The van der Waals surface area contributed by atoms with Gasteiger partial charge in [-0.25, -0.2) is 0 Å². The first-order chi connectivity index (χ1) is 3.69. The van der Waals surface area contributed by atoms with E-state index in [1.54, 1.807) is 7.05 Å². The van der Waals surface area contributed by atoms with E-state index in [0.29, 0.717) is 0 Å². The van der Waals surface area contributed by atoms with E-state index in [1.807, 2.05) is 0 Å². The van der Waals surface area contributed by atoms with Gasteiger partial charge >= 0.3 is 0 Å². The van der Waals surface area contributed by atoms with E-state index in [9.17, 15) is 4.79 Å². The van der Waals surface area contributed by atoms with Crippen LogP contribution in [0.2, 0.25) is 0 Å². The van der Waals surface area contributed by atoms with Crippen LogP contribution in [0.15, 0.2) is 0 Å². The Balaban J connectivity index is 0.000000640. The zero-order valence-electron chi connectivity index (χ0n) is 5.31. The zero-order chi connectivity index (χ0) is 6.20. The fourth-order valence-electron chi connectivity index (χ4n) is 0.611. The minimum Gasteiger partial charge on any atom is -0.358 e. The topological polar surface area (TPSA) is 55.1 Å². The zero-order valence-corrected chi connectivity index (χ0v) is 6.12. The van der Waals surface area contributed by atoms with Gasteiger partial charge in [-0.3, -0.25) is 4.79 Å². The van der Waals surface area contributed by atoms with Crippen molar-refractivity contribution in [3.05, 3.63) is 0 Å². The lowest BCUT2D eigenvalue weighted by molar-refractivity contribution is -0.122. The molecule has 3 N–H and O–H groups in total. The number of hydrogen-bond acceptors (Lipinski definition) is 2. The van der Waals surface area contributed by atoms with Gasteiger partial charge in [0.1, 0.15) is 0 Å². The highest BCUT2D eigenvalue weighted by Gasteiger charge is 2.45. The Morgan fingerprint density at radius 2 is 2.11 bits per heavy atom. The molecule has 1 aliphatic rings. The van der Waals surface area contributed by atoms with Gasteiger partial charge in [0.05, 0.1) is 5.54 Å². The molecule has 1 aliphatic carbocycles. The number of hydrogen-bond donors (Lipinski definition) is 2. The molecule has 4 heteroatoms. The molecule has 0 bridgehead atoms. The maximum Gasteiger partial charge on any atom is 0.239 e. The summed E-state index contributed by atoms with van der Waals surface area (Å²) in [6.45, 7) is 0. The van der Waals surface area contributed by atoms with Gasteiger partial charge in [-0.2, -0.15) is 0 Å². The molecular weight excluding hydrogens is 140 g/mol. The summed E-state index contributed by atoms with van der Waals surface area (Å²) in [4.78, 5) is 10.7. The van der Waals surface area contributed by atoms with Crippen molar-refractivity contribution in [2.75, 3.05) is 7.05 Å².